The Morgan fingerprint density at radius 1 is 1.30 bits per heavy atom. The van der Waals surface area contributed by atoms with Crippen LogP contribution in [-0.2, 0) is 16.6 Å². The summed E-state index contributed by atoms with van der Waals surface area (Å²) in [5.41, 5.74) is 0.407. The van der Waals surface area contributed by atoms with Gasteiger partial charge in [0.1, 0.15) is 16.0 Å². The van der Waals surface area contributed by atoms with Crippen molar-refractivity contribution in [2.45, 2.75) is 11.4 Å². The van der Waals surface area contributed by atoms with Gasteiger partial charge in [-0.05, 0) is 22.9 Å². The van der Waals surface area contributed by atoms with Gasteiger partial charge < -0.3 is 9.52 Å². The van der Waals surface area contributed by atoms with Gasteiger partial charge in [0.2, 0.25) is 15.9 Å². The van der Waals surface area contributed by atoms with Crippen LogP contribution in [0, 0.1) is 0 Å². The lowest BCUT2D eigenvalue weighted by Crippen LogP contribution is -2.24. The third-order valence-electron chi connectivity index (χ3n) is 2.84. The summed E-state index contributed by atoms with van der Waals surface area (Å²) < 4.78 is 32.0. The van der Waals surface area contributed by atoms with Crippen LogP contribution in [0.2, 0.25) is 0 Å². The lowest BCUT2D eigenvalue weighted by atomic mass is 10.4. The van der Waals surface area contributed by atoms with Crippen LogP contribution in [0.25, 0.3) is 10.8 Å². The van der Waals surface area contributed by atoms with Crippen molar-refractivity contribution in [3.05, 3.63) is 45.8 Å². The summed E-state index contributed by atoms with van der Waals surface area (Å²) in [7, 11) is -3.93. The summed E-state index contributed by atoms with van der Waals surface area (Å²) in [6.45, 7) is -0.0912. The SMILES string of the molecule is O=C(O)c1sccc1S(=O)(=O)NCc1coc(-c2cccs2)n1. The molecule has 0 spiro atoms. The van der Waals surface area contributed by atoms with Crippen molar-refractivity contribution in [3.63, 3.8) is 0 Å². The Balaban J connectivity index is 1.75. The minimum atomic E-state index is -3.93. The molecule has 0 saturated heterocycles. The summed E-state index contributed by atoms with van der Waals surface area (Å²) in [5.74, 6) is -0.863. The number of thiophene rings is 2. The first-order chi connectivity index (χ1) is 11.0. The third kappa shape index (κ3) is 3.34. The van der Waals surface area contributed by atoms with Crippen molar-refractivity contribution in [2.24, 2.45) is 0 Å². The number of sulfonamides is 1. The predicted octanol–water partition coefficient (Wildman–Crippen LogP) is 2.64. The van der Waals surface area contributed by atoms with Crippen molar-refractivity contribution < 1.29 is 22.7 Å². The van der Waals surface area contributed by atoms with Gasteiger partial charge in [0.05, 0.1) is 17.1 Å². The molecule has 0 amide bonds. The molecule has 3 rings (SSSR count). The Kier molecular flexibility index (Phi) is 4.31. The number of carboxylic acids is 1. The van der Waals surface area contributed by atoms with Gasteiger partial charge in [-0.25, -0.2) is 22.9 Å². The van der Waals surface area contributed by atoms with E-state index in [-0.39, 0.29) is 16.3 Å². The summed E-state index contributed by atoms with van der Waals surface area (Å²) in [4.78, 5) is 15.6. The fraction of sp³-hybridized carbons (Fsp3) is 0.0769. The number of aromatic carboxylic acids is 1. The van der Waals surface area contributed by atoms with Crippen LogP contribution in [0.4, 0.5) is 0 Å². The Morgan fingerprint density at radius 2 is 2.13 bits per heavy atom. The first kappa shape index (κ1) is 15.9. The topological polar surface area (TPSA) is 110 Å². The van der Waals surface area contributed by atoms with Gasteiger partial charge in [-0.2, -0.15) is 0 Å². The van der Waals surface area contributed by atoms with Crippen molar-refractivity contribution in [2.75, 3.05) is 0 Å². The zero-order valence-electron chi connectivity index (χ0n) is 11.4. The van der Waals surface area contributed by atoms with Gasteiger partial charge in [0.25, 0.3) is 0 Å². The molecule has 0 fully saturated rings. The molecule has 0 atom stereocenters. The van der Waals surface area contributed by atoms with E-state index < -0.39 is 16.0 Å². The Morgan fingerprint density at radius 3 is 2.83 bits per heavy atom. The van der Waals surface area contributed by atoms with E-state index in [4.69, 9.17) is 9.52 Å². The molecule has 0 aliphatic heterocycles. The molecule has 7 nitrogen and oxygen atoms in total. The molecule has 0 aromatic carbocycles. The predicted molar refractivity (Wildman–Crippen MR) is 85.1 cm³/mol. The average molecular weight is 370 g/mol. The first-order valence-electron chi connectivity index (χ1n) is 6.26. The number of carboxylic acid groups (broad SMARTS) is 1. The molecule has 0 aliphatic carbocycles. The quantitative estimate of drug-likeness (QED) is 0.690. The minimum absolute atomic E-state index is 0.0912. The highest BCUT2D eigenvalue weighted by atomic mass is 32.2. The molecule has 0 saturated carbocycles. The van der Waals surface area contributed by atoms with Gasteiger partial charge in [-0.3, -0.25) is 0 Å². The molecule has 3 aromatic rings. The number of hydrogen-bond acceptors (Lipinski definition) is 7. The molecule has 3 heterocycles. The number of nitrogens with one attached hydrogen (secondary N) is 1. The zero-order chi connectivity index (χ0) is 16.4. The second kappa shape index (κ2) is 6.24. The monoisotopic (exact) mass is 370 g/mol. The molecular weight excluding hydrogens is 360 g/mol. The number of carbonyl (C=O) groups is 1. The Bertz CT molecular complexity index is 925. The fourth-order valence-corrected chi connectivity index (χ4v) is 4.73. The van der Waals surface area contributed by atoms with E-state index in [9.17, 15) is 13.2 Å². The van der Waals surface area contributed by atoms with Crippen LogP contribution >= 0.6 is 22.7 Å². The van der Waals surface area contributed by atoms with Crippen molar-refractivity contribution in [1.29, 1.82) is 0 Å². The zero-order valence-corrected chi connectivity index (χ0v) is 13.9. The summed E-state index contributed by atoms with van der Waals surface area (Å²) in [6.07, 6.45) is 1.36. The number of nitrogens with zero attached hydrogens (tertiary/aromatic N) is 1. The maximum absolute atomic E-state index is 12.2. The van der Waals surface area contributed by atoms with Gasteiger partial charge >= 0.3 is 5.97 Å². The van der Waals surface area contributed by atoms with Gasteiger partial charge in [0.15, 0.2) is 0 Å². The molecule has 23 heavy (non-hydrogen) atoms. The summed E-state index contributed by atoms with van der Waals surface area (Å²) >= 11 is 2.31. The number of oxazole rings is 1. The van der Waals surface area contributed by atoms with E-state index in [0.29, 0.717) is 11.6 Å². The smallest absolute Gasteiger partial charge is 0.347 e. The number of hydrogen-bond donors (Lipinski definition) is 2. The minimum Gasteiger partial charge on any atom is -0.477 e. The Hall–Kier alpha value is -2.01. The normalized spacial score (nSPS) is 11.7. The first-order valence-corrected chi connectivity index (χ1v) is 9.50. The largest absolute Gasteiger partial charge is 0.477 e. The van der Waals surface area contributed by atoms with Gasteiger partial charge in [-0.1, -0.05) is 6.07 Å². The second-order valence-electron chi connectivity index (χ2n) is 4.36. The molecule has 0 bridgehead atoms. The van der Waals surface area contributed by atoms with Crippen LogP contribution < -0.4 is 4.72 Å². The molecular formula is C13H10N2O5S3. The van der Waals surface area contributed by atoms with Crippen LogP contribution in [0.3, 0.4) is 0 Å². The van der Waals surface area contributed by atoms with E-state index in [1.807, 2.05) is 17.5 Å². The van der Waals surface area contributed by atoms with E-state index >= 15 is 0 Å². The highest BCUT2D eigenvalue weighted by molar-refractivity contribution is 7.89. The van der Waals surface area contributed by atoms with Gasteiger partial charge in [0, 0.05) is 0 Å². The molecule has 0 aliphatic rings. The molecule has 10 heteroatoms. The van der Waals surface area contributed by atoms with Crippen molar-refractivity contribution in [1.82, 2.24) is 9.71 Å². The van der Waals surface area contributed by atoms with E-state index in [1.54, 1.807) is 0 Å². The highest BCUT2D eigenvalue weighted by Crippen LogP contribution is 2.24. The maximum Gasteiger partial charge on any atom is 0.347 e. The van der Waals surface area contributed by atoms with Crippen LogP contribution in [-0.4, -0.2) is 24.5 Å². The number of rotatable bonds is 6. The lowest BCUT2D eigenvalue weighted by molar-refractivity contribution is 0.0698. The number of aromatic nitrogens is 1. The summed E-state index contributed by atoms with van der Waals surface area (Å²) in [6, 6.07) is 4.96. The van der Waals surface area contributed by atoms with Crippen LogP contribution in [0.1, 0.15) is 15.4 Å². The fourth-order valence-electron chi connectivity index (χ4n) is 1.81. The van der Waals surface area contributed by atoms with E-state index in [1.165, 1.54) is 29.0 Å². The standard InChI is InChI=1S/C13H10N2O5S3/c16-13(17)11-10(3-5-22-11)23(18,19)14-6-8-7-20-12(15-8)9-2-1-4-21-9/h1-5,7,14H,6H2,(H,16,17). The third-order valence-corrected chi connectivity index (χ3v) is 6.17. The average Bonchev–Trinajstić information content (AvgIpc) is 3.23. The van der Waals surface area contributed by atoms with Gasteiger partial charge in [-0.15, -0.1) is 22.7 Å². The molecule has 3 aromatic heterocycles. The van der Waals surface area contributed by atoms with E-state index in [0.717, 1.165) is 16.2 Å². The lowest BCUT2D eigenvalue weighted by Gasteiger charge is -2.04. The van der Waals surface area contributed by atoms with Crippen molar-refractivity contribution >= 4 is 38.7 Å². The molecule has 120 valence electrons. The van der Waals surface area contributed by atoms with Crippen LogP contribution in [0.5, 0.6) is 0 Å². The van der Waals surface area contributed by atoms with Crippen LogP contribution in [0.15, 0.2) is 44.5 Å². The molecule has 0 unspecified atom stereocenters. The highest BCUT2D eigenvalue weighted by Gasteiger charge is 2.23. The molecule has 2 N–H and O–H groups in total. The second-order valence-corrected chi connectivity index (χ2v) is 7.96. The molecule has 0 radical (unpaired) electrons. The summed E-state index contributed by atoms with van der Waals surface area (Å²) in [5, 5.41) is 12.3. The maximum atomic E-state index is 12.2. The Labute approximate surface area is 139 Å². The van der Waals surface area contributed by atoms with E-state index in [2.05, 4.69) is 9.71 Å². The van der Waals surface area contributed by atoms with Crippen molar-refractivity contribution in [3.8, 4) is 10.8 Å².